The molecule has 22 heavy (non-hydrogen) atoms. The molecule has 0 radical (unpaired) electrons. The van der Waals surface area contributed by atoms with E-state index in [1.54, 1.807) is 0 Å². The zero-order valence-corrected chi connectivity index (χ0v) is 14.0. The normalized spacial score (nSPS) is 15.9. The summed E-state index contributed by atoms with van der Waals surface area (Å²) in [7, 11) is 0. The Hall–Kier alpha value is -1.77. The van der Waals surface area contributed by atoms with Crippen LogP contribution in [0, 0.1) is 13.8 Å². The number of amides is 1. The van der Waals surface area contributed by atoms with E-state index in [4.69, 9.17) is 0 Å². The number of hydrogen-bond acceptors (Lipinski definition) is 2. The van der Waals surface area contributed by atoms with Crippen LogP contribution >= 0.6 is 0 Å². The van der Waals surface area contributed by atoms with Crippen molar-refractivity contribution >= 4 is 11.6 Å². The van der Waals surface area contributed by atoms with Gasteiger partial charge in [0.2, 0.25) is 5.91 Å². The molecule has 1 amide bonds. The van der Waals surface area contributed by atoms with Crippen LogP contribution in [-0.2, 0) is 4.79 Å². The van der Waals surface area contributed by atoms with Gasteiger partial charge in [0.1, 0.15) is 6.04 Å². The van der Waals surface area contributed by atoms with Gasteiger partial charge >= 0.3 is 0 Å². The van der Waals surface area contributed by atoms with Gasteiger partial charge in [0.25, 0.3) is 0 Å². The fraction of sp³-hybridized carbons (Fsp3) is 0.526. The third kappa shape index (κ3) is 5.21. The first-order valence-electron chi connectivity index (χ1n) is 8.35. The molecule has 0 saturated heterocycles. The average molecular weight is 300 g/mol. The van der Waals surface area contributed by atoms with Crippen molar-refractivity contribution in [3.63, 3.8) is 0 Å². The van der Waals surface area contributed by atoms with Gasteiger partial charge in [0, 0.05) is 12.2 Å². The quantitative estimate of drug-likeness (QED) is 0.776. The zero-order valence-electron chi connectivity index (χ0n) is 14.0. The highest BCUT2D eigenvalue weighted by atomic mass is 16.2. The van der Waals surface area contributed by atoms with Crippen LogP contribution in [0.3, 0.4) is 0 Å². The Morgan fingerprint density at radius 3 is 2.55 bits per heavy atom. The highest BCUT2D eigenvalue weighted by molar-refractivity contribution is 5.84. The molecule has 0 spiro atoms. The van der Waals surface area contributed by atoms with Gasteiger partial charge in [0.15, 0.2) is 0 Å². The van der Waals surface area contributed by atoms with Crippen LogP contribution in [0.4, 0.5) is 5.69 Å². The van der Waals surface area contributed by atoms with Crippen molar-refractivity contribution in [2.45, 2.75) is 58.9 Å². The van der Waals surface area contributed by atoms with Crippen LogP contribution < -0.4 is 10.6 Å². The van der Waals surface area contributed by atoms with E-state index in [2.05, 4.69) is 48.8 Å². The smallest absolute Gasteiger partial charge is 0.242 e. The lowest BCUT2D eigenvalue weighted by molar-refractivity contribution is -0.121. The van der Waals surface area contributed by atoms with E-state index in [0.717, 1.165) is 18.7 Å². The minimum atomic E-state index is -0.221. The van der Waals surface area contributed by atoms with E-state index >= 15 is 0 Å². The Labute approximate surface area is 134 Å². The molecule has 0 bridgehead atoms. The molecule has 3 nitrogen and oxygen atoms in total. The minimum Gasteiger partial charge on any atom is -0.374 e. The van der Waals surface area contributed by atoms with Crippen LogP contribution in [0.1, 0.15) is 50.2 Å². The van der Waals surface area contributed by atoms with Crippen molar-refractivity contribution in [3.8, 4) is 0 Å². The van der Waals surface area contributed by atoms with E-state index in [9.17, 15) is 4.79 Å². The van der Waals surface area contributed by atoms with Gasteiger partial charge < -0.3 is 10.6 Å². The molecule has 0 aromatic heterocycles. The first-order valence-corrected chi connectivity index (χ1v) is 8.35. The van der Waals surface area contributed by atoms with Crippen LogP contribution in [0.25, 0.3) is 0 Å². The second-order valence-corrected chi connectivity index (χ2v) is 6.39. The fourth-order valence-corrected chi connectivity index (χ4v) is 3.00. The summed E-state index contributed by atoms with van der Waals surface area (Å²) in [6.45, 7) is 6.79. The lowest BCUT2D eigenvalue weighted by Gasteiger charge is -2.17. The monoisotopic (exact) mass is 300 g/mol. The lowest BCUT2D eigenvalue weighted by Crippen LogP contribution is -2.38. The molecule has 1 atom stereocenters. The Kier molecular flexibility index (Phi) is 6.05. The molecule has 0 saturated carbocycles. The summed E-state index contributed by atoms with van der Waals surface area (Å²) in [5.74, 6) is 0.0653. The number of hydrogen-bond donors (Lipinski definition) is 2. The van der Waals surface area contributed by atoms with Crippen molar-refractivity contribution in [2.24, 2.45) is 0 Å². The van der Waals surface area contributed by atoms with E-state index in [1.807, 2.05) is 6.92 Å². The van der Waals surface area contributed by atoms with Crippen molar-refractivity contribution in [3.05, 3.63) is 41.0 Å². The second-order valence-electron chi connectivity index (χ2n) is 6.39. The molecule has 3 heteroatoms. The first-order chi connectivity index (χ1) is 10.5. The summed E-state index contributed by atoms with van der Waals surface area (Å²) in [6, 6.07) is 6.06. The Balaban J connectivity index is 1.77. The van der Waals surface area contributed by atoms with Crippen LogP contribution in [0.15, 0.2) is 29.8 Å². The number of carbonyl (C=O) groups excluding carboxylic acids is 1. The van der Waals surface area contributed by atoms with Gasteiger partial charge in [0.05, 0.1) is 0 Å². The summed E-state index contributed by atoms with van der Waals surface area (Å²) in [6.07, 6.45) is 8.34. The van der Waals surface area contributed by atoms with Gasteiger partial charge in [-0.1, -0.05) is 17.7 Å². The molecule has 1 aliphatic rings. The molecule has 0 heterocycles. The molecule has 0 fully saturated rings. The van der Waals surface area contributed by atoms with Crippen molar-refractivity contribution in [1.82, 2.24) is 5.32 Å². The molecular weight excluding hydrogens is 272 g/mol. The van der Waals surface area contributed by atoms with Crippen LogP contribution in [0.2, 0.25) is 0 Å². The van der Waals surface area contributed by atoms with Gasteiger partial charge in [-0.2, -0.15) is 0 Å². The molecule has 1 aliphatic carbocycles. The Morgan fingerprint density at radius 1 is 1.18 bits per heavy atom. The number of allylic oxidation sites excluding steroid dienone is 1. The third-order valence-electron chi connectivity index (χ3n) is 4.13. The predicted octanol–water partition coefficient (Wildman–Crippen LogP) is 4.11. The molecule has 1 aromatic rings. The minimum absolute atomic E-state index is 0.0653. The standard InChI is InChI=1S/C19H28N2O/c1-14-11-15(2)13-18(12-14)21-16(3)19(22)20-10-9-17-7-5-4-6-8-17/h7,11-13,16,21H,4-6,8-10H2,1-3H3,(H,20,22)/t16-/m1/s1. The van der Waals surface area contributed by atoms with E-state index in [1.165, 1.54) is 42.4 Å². The molecule has 1 aromatic carbocycles. The van der Waals surface area contributed by atoms with Gasteiger partial charge in [-0.15, -0.1) is 0 Å². The van der Waals surface area contributed by atoms with E-state index in [0.29, 0.717) is 0 Å². The van der Waals surface area contributed by atoms with Crippen LogP contribution in [-0.4, -0.2) is 18.5 Å². The van der Waals surface area contributed by atoms with Crippen molar-refractivity contribution in [2.75, 3.05) is 11.9 Å². The molecule has 2 rings (SSSR count). The number of aryl methyl sites for hydroxylation is 2. The summed E-state index contributed by atoms with van der Waals surface area (Å²) < 4.78 is 0. The van der Waals surface area contributed by atoms with E-state index < -0.39 is 0 Å². The fourth-order valence-electron chi connectivity index (χ4n) is 3.00. The maximum absolute atomic E-state index is 12.2. The molecule has 0 aliphatic heterocycles. The summed E-state index contributed by atoms with van der Waals surface area (Å²) in [4.78, 5) is 12.2. The number of nitrogens with one attached hydrogen (secondary N) is 2. The number of anilines is 1. The van der Waals surface area contributed by atoms with Crippen molar-refractivity contribution < 1.29 is 4.79 Å². The van der Waals surface area contributed by atoms with Crippen LogP contribution in [0.5, 0.6) is 0 Å². The average Bonchev–Trinajstić information content (AvgIpc) is 2.47. The Morgan fingerprint density at radius 2 is 1.91 bits per heavy atom. The molecule has 120 valence electrons. The summed E-state index contributed by atoms with van der Waals surface area (Å²) in [5, 5.41) is 6.32. The van der Waals surface area contributed by atoms with Crippen molar-refractivity contribution in [1.29, 1.82) is 0 Å². The maximum atomic E-state index is 12.2. The second kappa shape index (κ2) is 8.02. The largest absolute Gasteiger partial charge is 0.374 e. The molecular formula is C19H28N2O. The molecule has 2 N–H and O–H groups in total. The van der Waals surface area contributed by atoms with E-state index in [-0.39, 0.29) is 11.9 Å². The van der Waals surface area contributed by atoms with Gasteiger partial charge in [-0.25, -0.2) is 0 Å². The summed E-state index contributed by atoms with van der Waals surface area (Å²) in [5.41, 5.74) is 4.93. The number of benzene rings is 1. The van der Waals surface area contributed by atoms with Gasteiger partial charge in [-0.3, -0.25) is 4.79 Å². The SMILES string of the molecule is Cc1cc(C)cc(N[C@H](C)C(=O)NCCC2=CCCCC2)c1. The third-order valence-corrected chi connectivity index (χ3v) is 4.13. The topological polar surface area (TPSA) is 41.1 Å². The number of rotatable bonds is 6. The summed E-state index contributed by atoms with van der Waals surface area (Å²) >= 11 is 0. The molecule has 0 unspecified atom stereocenters. The first kappa shape index (κ1) is 16.6. The zero-order chi connectivity index (χ0) is 15.9. The highest BCUT2D eigenvalue weighted by Crippen LogP contribution is 2.19. The van der Waals surface area contributed by atoms with Gasteiger partial charge in [-0.05, 0) is 76.1 Å². The number of carbonyl (C=O) groups is 1. The predicted molar refractivity (Wildman–Crippen MR) is 93.2 cm³/mol. The lowest BCUT2D eigenvalue weighted by atomic mass is 9.97. The Bertz CT molecular complexity index is 528. The highest BCUT2D eigenvalue weighted by Gasteiger charge is 2.12. The maximum Gasteiger partial charge on any atom is 0.242 e.